The first-order valence-electron chi connectivity index (χ1n) is 3.60. The van der Waals surface area contributed by atoms with Crippen LogP contribution in [-0.4, -0.2) is 2.78 Å². The molecule has 0 radical (unpaired) electrons. The number of para-hydroxylation sites is 1. The number of nitrogens with zero attached hydrogens (tertiary/aromatic N) is 2. The second kappa shape index (κ2) is 2.99. The molecular formula is C8H5IN2O2. The zero-order valence-electron chi connectivity index (χ0n) is 6.48. The first kappa shape index (κ1) is 8.49. The molecule has 2 rings (SSSR count). The molecule has 0 aliphatic rings. The molecule has 4 nitrogen and oxygen atoms in total. The summed E-state index contributed by atoms with van der Waals surface area (Å²) < 4.78 is 1.63. The van der Waals surface area contributed by atoms with E-state index < -0.39 is 5.69 Å². The van der Waals surface area contributed by atoms with E-state index in [1.54, 1.807) is 12.1 Å². The van der Waals surface area contributed by atoms with Gasteiger partial charge in [0.2, 0.25) is 22.9 Å². The van der Waals surface area contributed by atoms with Crippen molar-refractivity contribution in [1.29, 1.82) is 0 Å². The molecule has 1 heterocycles. The number of hydrogen-bond donors (Lipinski definition) is 0. The van der Waals surface area contributed by atoms with Crippen LogP contribution in [-0.2, 0) is 0 Å². The van der Waals surface area contributed by atoms with Gasteiger partial charge in [0.1, 0.15) is 6.20 Å². The molecule has 1 aromatic heterocycles. The van der Waals surface area contributed by atoms with Crippen molar-refractivity contribution in [3.8, 4) is 0 Å². The van der Waals surface area contributed by atoms with Gasteiger partial charge in [0.25, 0.3) is 0 Å². The fraction of sp³-hybridized carbons (Fsp3) is 0. The van der Waals surface area contributed by atoms with Crippen LogP contribution in [0, 0.1) is 5.21 Å². The number of benzene rings is 1. The van der Waals surface area contributed by atoms with Crippen LogP contribution in [0.3, 0.4) is 0 Å². The second-order valence-electron chi connectivity index (χ2n) is 2.58. The fourth-order valence-electron chi connectivity index (χ4n) is 1.15. The highest BCUT2D eigenvalue weighted by atomic mass is 127. The predicted molar refractivity (Wildman–Crippen MR) is 56.6 cm³/mol. The average molecular weight is 288 g/mol. The van der Waals surface area contributed by atoms with Crippen molar-refractivity contribution < 1.29 is 4.73 Å². The van der Waals surface area contributed by atoms with Gasteiger partial charge in [-0.2, -0.15) is 9.52 Å². The highest BCUT2D eigenvalue weighted by Crippen LogP contribution is 2.10. The minimum Gasteiger partial charge on any atom is -0.708 e. The molecule has 0 bridgehead atoms. The van der Waals surface area contributed by atoms with Crippen LogP contribution in [0.25, 0.3) is 10.9 Å². The smallest absolute Gasteiger partial charge is 0.510 e. The van der Waals surface area contributed by atoms with Gasteiger partial charge in [0.15, 0.2) is 5.52 Å². The maximum absolute atomic E-state index is 11.2. The van der Waals surface area contributed by atoms with Crippen molar-refractivity contribution in [2.45, 2.75) is 0 Å². The van der Waals surface area contributed by atoms with Gasteiger partial charge in [-0.25, -0.2) is 0 Å². The van der Waals surface area contributed by atoms with Crippen molar-refractivity contribution in [3.05, 3.63) is 46.2 Å². The maximum Gasteiger partial charge on any atom is 0.510 e. The van der Waals surface area contributed by atoms with E-state index in [0.29, 0.717) is 4.73 Å². The largest absolute Gasteiger partial charge is 0.708 e. The van der Waals surface area contributed by atoms with Crippen molar-refractivity contribution >= 4 is 33.8 Å². The summed E-state index contributed by atoms with van der Waals surface area (Å²) in [6.07, 6.45) is 1.28. The highest BCUT2D eigenvalue weighted by molar-refractivity contribution is 14.1. The summed E-state index contributed by atoms with van der Waals surface area (Å²) in [6.45, 7) is 0. The topological polar surface area (TPSA) is 48.9 Å². The van der Waals surface area contributed by atoms with E-state index in [0.717, 1.165) is 10.9 Å². The third-order valence-electron chi connectivity index (χ3n) is 1.76. The van der Waals surface area contributed by atoms with E-state index in [1.807, 2.05) is 35.0 Å². The quantitative estimate of drug-likeness (QED) is 0.409. The molecule has 0 fully saturated rings. The van der Waals surface area contributed by atoms with Gasteiger partial charge in [-0.15, -0.1) is 2.78 Å². The Morgan fingerprint density at radius 1 is 1.38 bits per heavy atom. The van der Waals surface area contributed by atoms with E-state index in [1.165, 1.54) is 8.98 Å². The molecule has 0 saturated heterocycles. The molecule has 0 saturated carbocycles. The van der Waals surface area contributed by atoms with Gasteiger partial charge < -0.3 is 5.21 Å². The van der Waals surface area contributed by atoms with Crippen LogP contribution >= 0.6 is 22.9 Å². The summed E-state index contributed by atoms with van der Waals surface area (Å²) in [7, 11) is 0. The Morgan fingerprint density at radius 3 is 2.85 bits per heavy atom. The predicted octanol–water partition coefficient (Wildman–Crippen LogP) is 0.833. The second-order valence-corrected chi connectivity index (χ2v) is 3.54. The molecule has 1 aromatic carbocycles. The van der Waals surface area contributed by atoms with Gasteiger partial charge >= 0.3 is 5.69 Å². The Morgan fingerprint density at radius 2 is 2.08 bits per heavy atom. The Kier molecular flexibility index (Phi) is 1.95. The Balaban J connectivity index is 3.02. The third-order valence-corrected chi connectivity index (χ3v) is 2.69. The van der Waals surface area contributed by atoms with Crippen LogP contribution in [0.5, 0.6) is 0 Å². The van der Waals surface area contributed by atoms with Crippen LogP contribution in [0.2, 0.25) is 0 Å². The van der Waals surface area contributed by atoms with Crippen LogP contribution < -0.4 is 10.4 Å². The molecule has 5 heteroatoms. The van der Waals surface area contributed by atoms with Gasteiger partial charge in [0.05, 0.1) is 5.39 Å². The number of rotatable bonds is 0. The molecule has 0 atom stereocenters. The van der Waals surface area contributed by atoms with Crippen LogP contribution in [0.15, 0.2) is 35.3 Å². The highest BCUT2D eigenvalue weighted by Gasteiger charge is 2.08. The van der Waals surface area contributed by atoms with E-state index in [4.69, 9.17) is 0 Å². The zero-order valence-corrected chi connectivity index (χ0v) is 8.63. The third kappa shape index (κ3) is 1.28. The van der Waals surface area contributed by atoms with Gasteiger partial charge in [0, 0.05) is 0 Å². The number of aromatic nitrogens is 2. The molecule has 0 aliphatic heterocycles. The maximum atomic E-state index is 11.2. The number of hydrogen-bond acceptors (Lipinski definition) is 2. The lowest BCUT2D eigenvalue weighted by Gasteiger charge is -2.01. The molecule has 2 aromatic rings. The summed E-state index contributed by atoms with van der Waals surface area (Å²) in [5.41, 5.74) is 0.180. The van der Waals surface area contributed by atoms with Crippen LogP contribution in [0.4, 0.5) is 0 Å². The van der Waals surface area contributed by atoms with Crippen LogP contribution in [0.1, 0.15) is 0 Å². The lowest BCUT2D eigenvalue weighted by molar-refractivity contribution is -0.623. The standard InChI is InChI=1S/C8H5IN2O2/c9-11-7-4-2-1-3-6(7)5-10(13)8(11)12/h1-5H. The molecule has 0 N–H and O–H groups in total. The van der Waals surface area contributed by atoms with Crippen molar-refractivity contribution in [1.82, 2.24) is 2.78 Å². The summed E-state index contributed by atoms with van der Waals surface area (Å²) in [5.74, 6) is 0. The van der Waals surface area contributed by atoms with E-state index in [-0.39, 0.29) is 0 Å². The SMILES string of the molecule is O=c1n(I)c2ccccc2c[n+]1[O-]. The van der Waals surface area contributed by atoms with E-state index in [9.17, 15) is 10.0 Å². The normalized spacial score (nSPS) is 10.5. The first-order valence-corrected chi connectivity index (χ1v) is 4.57. The lowest BCUT2D eigenvalue weighted by Crippen LogP contribution is -2.47. The molecule has 66 valence electrons. The van der Waals surface area contributed by atoms with E-state index >= 15 is 0 Å². The minimum atomic E-state index is -0.570. The summed E-state index contributed by atoms with van der Waals surface area (Å²) in [5, 5.41) is 11.8. The Hall–Kier alpha value is -1.11. The minimum absolute atomic E-state index is 0.328. The van der Waals surface area contributed by atoms with Gasteiger partial charge in [-0.05, 0) is 12.1 Å². The lowest BCUT2D eigenvalue weighted by atomic mass is 10.2. The summed E-state index contributed by atoms with van der Waals surface area (Å²) in [4.78, 5) is 11.2. The Labute approximate surface area is 87.5 Å². The zero-order chi connectivity index (χ0) is 9.42. The molecular weight excluding hydrogens is 283 g/mol. The van der Waals surface area contributed by atoms with Crippen molar-refractivity contribution in [2.24, 2.45) is 0 Å². The molecule has 13 heavy (non-hydrogen) atoms. The van der Waals surface area contributed by atoms with Crippen molar-refractivity contribution in [2.75, 3.05) is 0 Å². The van der Waals surface area contributed by atoms with Crippen molar-refractivity contribution in [3.63, 3.8) is 0 Å². The summed E-state index contributed by atoms with van der Waals surface area (Å²) >= 11 is 1.81. The van der Waals surface area contributed by atoms with Gasteiger partial charge in [-0.3, -0.25) is 0 Å². The number of fused-ring (bicyclic) bond motifs is 1. The fourth-order valence-corrected chi connectivity index (χ4v) is 1.80. The summed E-state index contributed by atoms with van der Waals surface area (Å²) in [6, 6.07) is 7.23. The van der Waals surface area contributed by atoms with E-state index in [2.05, 4.69) is 0 Å². The first-order chi connectivity index (χ1) is 6.20. The molecule has 0 unspecified atom stereocenters. The number of halogens is 1. The van der Waals surface area contributed by atoms with Gasteiger partial charge in [-0.1, -0.05) is 12.1 Å². The molecule has 0 aliphatic carbocycles. The monoisotopic (exact) mass is 288 g/mol. The molecule has 0 amide bonds. The molecule has 0 spiro atoms. The average Bonchev–Trinajstić information content (AvgIpc) is 2.15. The Bertz CT molecular complexity index is 521.